The highest BCUT2D eigenvalue weighted by Crippen LogP contribution is 2.21. The van der Waals surface area contributed by atoms with Crippen LogP contribution in [-0.2, 0) is 4.79 Å². The molecule has 1 atom stereocenters. The Labute approximate surface area is 94.5 Å². The number of carboxylic acids is 1. The molecule has 0 aliphatic carbocycles. The first-order valence-corrected chi connectivity index (χ1v) is 5.65. The van der Waals surface area contributed by atoms with Crippen molar-refractivity contribution in [3.8, 4) is 0 Å². The zero-order chi connectivity index (χ0) is 11.5. The van der Waals surface area contributed by atoms with Crippen LogP contribution in [0.3, 0.4) is 0 Å². The molecule has 2 heterocycles. The molecule has 0 saturated carbocycles. The van der Waals surface area contributed by atoms with E-state index in [9.17, 15) is 4.79 Å². The maximum absolute atomic E-state index is 10.8. The zero-order valence-corrected chi connectivity index (χ0v) is 9.39. The van der Waals surface area contributed by atoms with E-state index in [1.54, 1.807) is 13.3 Å². The summed E-state index contributed by atoms with van der Waals surface area (Å²) in [5.74, 6) is -1.35. The summed E-state index contributed by atoms with van der Waals surface area (Å²) in [6.45, 7) is 3.71. The third-order valence-corrected chi connectivity index (χ3v) is 3.17. The number of imidazole rings is 1. The van der Waals surface area contributed by atoms with Gasteiger partial charge in [0, 0.05) is 12.2 Å². The molecule has 1 aromatic heterocycles. The molecule has 1 aromatic rings. The van der Waals surface area contributed by atoms with Gasteiger partial charge in [0.15, 0.2) is 0 Å². The molecule has 0 bridgehead atoms. The van der Waals surface area contributed by atoms with Crippen molar-refractivity contribution < 1.29 is 9.90 Å². The van der Waals surface area contributed by atoms with Gasteiger partial charge in [-0.2, -0.15) is 0 Å². The molecule has 88 valence electrons. The fourth-order valence-electron chi connectivity index (χ4n) is 2.01. The number of hydrogen-bond acceptors (Lipinski definition) is 3. The van der Waals surface area contributed by atoms with E-state index >= 15 is 0 Å². The Morgan fingerprint density at radius 1 is 1.62 bits per heavy atom. The van der Waals surface area contributed by atoms with Crippen LogP contribution in [0.25, 0.3) is 0 Å². The summed E-state index contributed by atoms with van der Waals surface area (Å²) < 4.78 is 2.05. The monoisotopic (exact) mass is 223 g/mol. The molecule has 1 fully saturated rings. The van der Waals surface area contributed by atoms with Crippen LogP contribution >= 0.6 is 0 Å². The first-order valence-electron chi connectivity index (χ1n) is 5.65. The second kappa shape index (κ2) is 4.65. The average Bonchev–Trinajstić information content (AvgIpc) is 2.78. The molecule has 0 aromatic carbocycles. The topological polar surface area (TPSA) is 67.2 Å². The van der Waals surface area contributed by atoms with E-state index in [0.717, 1.165) is 25.9 Å². The average molecular weight is 223 g/mol. The predicted octanol–water partition coefficient (Wildman–Crippen LogP) is 0.996. The first-order chi connectivity index (χ1) is 7.68. The molecule has 1 aliphatic rings. The summed E-state index contributed by atoms with van der Waals surface area (Å²) in [7, 11) is 0. The third-order valence-electron chi connectivity index (χ3n) is 3.17. The summed E-state index contributed by atoms with van der Waals surface area (Å²) in [5.41, 5.74) is 0.644. The number of carbonyl (C=O) groups is 1. The molecular weight excluding hydrogens is 206 g/mol. The molecule has 2 N–H and O–H groups in total. The molecule has 1 aliphatic heterocycles. The Bertz CT molecular complexity index is 369. The van der Waals surface area contributed by atoms with E-state index in [4.69, 9.17) is 5.11 Å². The second-order valence-corrected chi connectivity index (χ2v) is 4.29. The lowest BCUT2D eigenvalue weighted by Gasteiger charge is -2.23. The smallest absolute Gasteiger partial charge is 0.312 e. The number of piperidine rings is 1. The van der Waals surface area contributed by atoms with Crippen LogP contribution < -0.4 is 5.32 Å². The number of aromatic nitrogens is 2. The summed E-state index contributed by atoms with van der Waals surface area (Å²) in [5, 5.41) is 12.2. The molecule has 0 amide bonds. The number of nitrogens with zero attached hydrogens (tertiary/aromatic N) is 2. The second-order valence-electron chi connectivity index (χ2n) is 4.29. The lowest BCUT2D eigenvalue weighted by atomic mass is 10.1. The normalized spacial score (nSPS) is 19.6. The molecule has 5 heteroatoms. The van der Waals surface area contributed by atoms with Crippen molar-refractivity contribution in [2.45, 2.75) is 31.7 Å². The van der Waals surface area contributed by atoms with E-state index < -0.39 is 11.9 Å². The van der Waals surface area contributed by atoms with Crippen LogP contribution in [0.15, 0.2) is 12.5 Å². The van der Waals surface area contributed by atoms with Crippen molar-refractivity contribution in [1.82, 2.24) is 14.9 Å². The van der Waals surface area contributed by atoms with E-state index in [1.165, 1.54) is 0 Å². The summed E-state index contributed by atoms with van der Waals surface area (Å²) in [6, 6.07) is 0.462. The van der Waals surface area contributed by atoms with Gasteiger partial charge < -0.3 is 15.0 Å². The Morgan fingerprint density at radius 3 is 2.94 bits per heavy atom. The van der Waals surface area contributed by atoms with Crippen LogP contribution in [0.2, 0.25) is 0 Å². The minimum Gasteiger partial charge on any atom is -0.481 e. The van der Waals surface area contributed by atoms with Gasteiger partial charge in [-0.05, 0) is 32.9 Å². The Balaban J connectivity index is 2.09. The fourth-order valence-corrected chi connectivity index (χ4v) is 2.01. The molecule has 0 radical (unpaired) electrons. The SMILES string of the molecule is CC(C(=O)O)c1cn(C2CCNCC2)cn1. The van der Waals surface area contributed by atoms with Crippen LogP contribution in [0.4, 0.5) is 0 Å². The maximum Gasteiger partial charge on any atom is 0.312 e. The minimum absolute atomic E-state index is 0.462. The minimum atomic E-state index is -0.824. The van der Waals surface area contributed by atoms with Gasteiger partial charge in [-0.25, -0.2) is 4.98 Å². The molecule has 16 heavy (non-hydrogen) atoms. The van der Waals surface area contributed by atoms with Gasteiger partial charge in [0.1, 0.15) is 0 Å². The first kappa shape index (κ1) is 11.1. The fraction of sp³-hybridized carbons (Fsp3) is 0.636. The highest BCUT2D eigenvalue weighted by atomic mass is 16.4. The molecule has 2 rings (SSSR count). The van der Waals surface area contributed by atoms with Gasteiger partial charge in [-0.1, -0.05) is 0 Å². The molecule has 5 nitrogen and oxygen atoms in total. The van der Waals surface area contributed by atoms with E-state index in [0.29, 0.717) is 11.7 Å². The number of hydrogen-bond donors (Lipinski definition) is 2. The van der Waals surface area contributed by atoms with Crippen molar-refractivity contribution in [3.63, 3.8) is 0 Å². The Hall–Kier alpha value is -1.36. The van der Waals surface area contributed by atoms with Crippen LogP contribution in [0.1, 0.15) is 37.4 Å². The van der Waals surface area contributed by atoms with Crippen molar-refractivity contribution in [2.75, 3.05) is 13.1 Å². The number of nitrogens with one attached hydrogen (secondary N) is 1. The van der Waals surface area contributed by atoms with Gasteiger partial charge in [0.25, 0.3) is 0 Å². The van der Waals surface area contributed by atoms with Crippen molar-refractivity contribution in [2.24, 2.45) is 0 Å². The van der Waals surface area contributed by atoms with Gasteiger partial charge in [0.05, 0.1) is 17.9 Å². The van der Waals surface area contributed by atoms with Crippen molar-refractivity contribution in [1.29, 1.82) is 0 Å². The van der Waals surface area contributed by atoms with Gasteiger partial charge in [0.2, 0.25) is 0 Å². The number of aliphatic carboxylic acids is 1. The third kappa shape index (κ3) is 2.24. The number of carboxylic acid groups (broad SMARTS) is 1. The van der Waals surface area contributed by atoms with Crippen molar-refractivity contribution >= 4 is 5.97 Å². The zero-order valence-electron chi connectivity index (χ0n) is 9.39. The lowest BCUT2D eigenvalue weighted by molar-refractivity contribution is -0.138. The van der Waals surface area contributed by atoms with E-state index in [-0.39, 0.29) is 0 Å². The van der Waals surface area contributed by atoms with Crippen molar-refractivity contribution in [3.05, 3.63) is 18.2 Å². The van der Waals surface area contributed by atoms with Gasteiger partial charge >= 0.3 is 5.97 Å². The Morgan fingerprint density at radius 2 is 2.31 bits per heavy atom. The predicted molar refractivity (Wildman–Crippen MR) is 59.4 cm³/mol. The lowest BCUT2D eigenvalue weighted by Crippen LogP contribution is -2.28. The van der Waals surface area contributed by atoms with Gasteiger partial charge in [-0.3, -0.25) is 4.79 Å². The summed E-state index contributed by atoms with van der Waals surface area (Å²) in [6.07, 6.45) is 5.79. The Kier molecular flexibility index (Phi) is 3.24. The highest BCUT2D eigenvalue weighted by Gasteiger charge is 2.19. The van der Waals surface area contributed by atoms with Crippen LogP contribution in [-0.4, -0.2) is 33.7 Å². The molecule has 1 unspecified atom stereocenters. The van der Waals surface area contributed by atoms with E-state index in [2.05, 4.69) is 14.9 Å². The maximum atomic E-state index is 10.8. The quantitative estimate of drug-likeness (QED) is 0.802. The molecule has 0 spiro atoms. The van der Waals surface area contributed by atoms with Crippen LogP contribution in [0, 0.1) is 0 Å². The molecule has 1 saturated heterocycles. The number of rotatable bonds is 3. The van der Waals surface area contributed by atoms with Crippen LogP contribution in [0.5, 0.6) is 0 Å². The largest absolute Gasteiger partial charge is 0.481 e. The highest BCUT2D eigenvalue weighted by molar-refractivity contribution is 5.74. The summed E-state index contributed by atoms with van der Waals surface area (Å²) >= 11 is 0. The standard InChI is InChI=1S/C11H17N3O2/c1-8(11(15)16)10-6-14(7-13-10)9-2-4-12-5-3-9/h6-9,12H,2-5H2,1H3,(H,15,16). The molecular formula is C11H17N3O2. The van der Waals surface area contributed by atoms with E-state index in [1.807, 2.05) is 6.20 Å². The van der Waals surface area contributed by atoms with Gasteiger partial charge in [-0.15, -0.1) is 0 Å². The summed E-state index contributed by atoms with van der Waals surface area (Å²) in [4.78, 5) is 15.0.